The standard InChI is InChI=1S/C18H25N3O4S/c1-15(22)19-9-7-16(8-10-19)18(23)20-11-13-21(14-12-20)26(24,25)17-5-3-2-4-6-17/h2-6,16H,7-14H2,1H3. The second kappa shape index (κ2) is 7.75. The Balaban J connectivity index is 1.55. The van der Waals surface area contributed by atoms with Crippen LogP contribution >= 0.6 is 0 Å². The summed E-state index contributed by atoms with van der Waals surface area (Å²) in [6.45, 7) is 4.25. The zero-order chi connectivity index (χ0) is 18.7. The van der Waals surface area contributed by atoms with Gasteiger partial charge in [0.2, 0.25) is 21.8 Å². The minimum absolute atomic E-state index is 0.0515. The highest BCUT2D eigenvalue weighted by Gasteiger charge is 2.34. The van der Waals surface area contributed by atoms with Crippen LogP contribution < -0.4 is 0 Å². The molecule has 8 heteroatoms. The van der Waals surface area contributed by atoms with Crippen molar-refractivity contribution in [3.8, 4) is 0 Å². The smallest absolute Gasteiger partial charge is 0.243 e. The second-order valence-corrected chi connectivity index (χ2v) is 8.76. The van der Waals surface area contributed by atoms with Gasteiger partial charge in [-0.05, 0) is 25.0 Å². The molecule has 0 N–H and O–H groups in total. The molecule has 2 saturated heterocycles. The van der Waals surface area contributed by atoms with Crippen LogP contribution in [0.2, 0.25) is 0 Å². The largest absolute Gasteiger partial charge is 0.343 e. The van der Waals surface area contributed by atoms with Crippen LogP contribution in [0.5, 0.6) is 0 Å². The van der Waals surface area contributed by atoms with Crippen LogP contribution in [-0.4, -0.2) is 73.6 Å². The maximum atomic E-state index is 12.7. The van der Waals surface area contributed by atoms with Gasteiger partial charge in [-0.25, -0.2) is 8.42 Å². The van der Waals surface area contributed by atoms with Crippen molar-refractivity contribution in [1.82, 2.24) is 14.1 Å². The lowest BCUT2D eigenvalue weighted by molar-refractivity contribution is -0.141. The van der Waals surface area contributed by atoms with Gasteiger partial charge >= 0.3 is 0 Å². The summed E-state index contributed by atoms with van der Waals surface area (Å²) in [5, 5.41) is 0. The maximum absolute atomic E-state index is 12.7. The molecule has 0 spiro atoms. The number of hydrogen-bond acceptors (Lipinski definition) is 4. The molecule has 2 amide bonds. The van der Waals surface area contributed by atoms with Crippen molar-refractivity contribution in [2.24, 2.45) is 5.92 Å². The van der Waals surface area contributed by atoms with E-state index in [2.05, 4.69) is 0 Å². The lowest BCUT2D eigenvalue weighted by Gasteiger charge is -2.38. The fraction of sp³-hybridized carbons (Fsp3) is 0.556. The Hall–Kier alpha value is -1.93. The molecule has 1 aromatic rings. The molecule has 2 aliphatic heterocycles. The van der Waals surface area contributed by atoms with E-state index in [1.165, 1.54) is 4.31 Å². The van der Waals surface area contributed by atoms with E-state index in [0.717, 1.165) is 0 Å². The molecular weight excluding hydrogens is 354 g/mol. The minimum atomic E-state index is -3.50. The van der Waals surface area contributed by atoms with E-state index in [0.29, 0.717) is 52.1 Å². The monoisotopic (exact) mass is 379 g/mol. The number of amides is 2. The van der Waals surface area contributed by atoms with Gasteiger partial charge in [0.05, 0.1) is 4.90 Å². The van der Waals surface area contributed by atoms with Crippen molar-refractivity contribution in [3.63, 3.8) is 0 Å². The summed E-state index contributed by atoms with van der Waals surface area (Å²) in [6, 6.07) is 8.39. The lowest BCUT2D eigenvalue weighted by atomic mass is 9.95. The Morgan fingerprint density at radius 1 is 0.885 bits per heavy atom. The fourth-order valence-corrected chi connectivity index (χ4v) is 5.03. The summed E-state index contributed by atoms with van der Waals surface area (Å²) in [7, 11) is -3.50. The first-order valence-corrected chi connectivity index (χ1v) is 10.4. The van der Waals surface area contributed by atoms with Gasteiger partial charge in [-0.3, -0.25) is 9.59 Å². The Kier molecular flexibility index (Phi) is 5.62. The van der Waals surface area contributed by atoms with Gasteiger partial charge in [0, 0.05) is 52.1 Å². The third kappa shape index (κ3) is 3.91. The van der Waals surface area contributed by atoms with Crippen molar-refractivity contribution in [3.05, 3.63) is 30.3 Å². The normalized spacial score (nSPS) is 20.2. The topological polar surface area (TPSA) is 78.0 Å². The number of carbonyl (C=O) groups is 2. The van der Waals surface area contributed by atoms with Gasteiger partial charge in [-0.15, -0.1) is 0 Å². The summed E-state index contributed by atoms with van der Waals surface area (Å²) >= 11 is 0. The van der Waals surface area contributed by atoms with Gasteiger partial charge < -0.3 is 9.80 Å². The number of hydrogen-bond donors (Lipinski definition) is 0. The van der Waals surface area contributed by atoms with Crippen LogP contribution in [0, 0.1) is 5.92 Å². The number of rotatable bonds is 3. The van der Waals surface area contributed by atoms with Crippen molar-refractivity contribution in [2.75, 3.05) is 39.3 Å². The Morgan fingerprint density at radius 2 is 1.46 bits per heavy atom. The first-order valence-electron chi connectivity index (χ1n) is 8.99. The summed E-state index contributed by atoms with van der Waals surface area (Å²) in [5.41, 5.74) is 0. The summed E-state index contributed by atoms with van der Waals surface area (Å²) in [4.78, 5) is 27.9. The van der Waals surface area contributed by atoms with Crippen LogP contribution in [0.25, 0.3) is 0 Å². The molecule has 0 bridgehead atoms. The van der Waals surface area contributed by atoms with Crippen molar-refractivity contribution < 1.29 is 18.0 Å². The summed E-state index contributed by atoms with van der Waals surface area (Å²) < 4.78 is 26.7. The molecular formula is C18H25N3O4S. The SMILES string of the molecule is CC(=O)N1CCC(C(=O)N2CCN(S(=O)(=O)c3ccccc3)CC2)CC1. The molecule has 2 fully saturated rings. The molecule has 0 radical (unpaired) electrons. The molecule has 0 aliphatic carbocycles. The fourth-order valence-electron chi connectivity index (χ4n) is 3.59. The highest BCUT2D eigenvalue weighted by molar-refractivity contribution is 7.89. The molecule has 7 nitrogen and oxygen atoms in total. The molecule has 2 aliphatic rings. The number of carbonyl (C=O) groups excluding carboxylic acids is 2. The maximum Gasteiger partial charge on any atom is 0.243 e. The van der Waals surface area contributed by atoms with E-state index in [9.17, 15) is 18.0 Å². The van der Waals surface area contributed by atoms with Crippen molar-refractivity contribution >= 4 is 21.8 Å². The van der Waals surface area contributed by atoms with Crippen LogP contribution in [-0.2, 0) is 19.6 Å². The Bertz CT molecular complexity index is 750. The quantitative estimate of drug-likeness (QED) is 0.778. The first kappa shape index (κ1) is 18.8. The van der Waals surface area contributed by atoms with E-state index in [1.54, 1.807) is 47.1 Å². The minimum Gasteiger partial charge on any atom is -0.343 e. The van der Waals surface area contributed by atoms with Crippen molar-refractivity contribution in [2.45, 2.75) is 24.7 Å². The average Bonchev–Trinajstić information content (AvgIpc) is 2.68. The molecule has 0 unspecified atom stereocenters. The van der Waals surface area contributed by atoms with E-state index in [4.69, 9.17) is 0 Å². The van der Waals surface area contributed by atoms with Crippen LogP contribution in [0.4, 0.5) is 0 Å². The third-order valence-electron chi connectivity index (χ3n) is 5.22. The number of likely N-dealkylation sites (tertiary alicyclic amines) is 1. The predicted molar refractivity (Wildman–Crippen MR) is 96.8 cm³/mol. The van der Waals surface area contributed by atoms with Gasteiger partial charge in [0.15, 0.2) is 0 Å². The van der Waals surface area contributed by atoms with Gasteiger partial charge in [-0.2, -0.15) is 4.31 Å². The molecule has 26 heavy (non-hydrogen) atoms. The van der Waals surface area contributed by atoms with Gasteiger partial charge in [0.1, 0.15) is 0 Å². The number of sulfonamides is 1. The molecule has 3 rings (SSSR count). The Morgan fingerprint density at radius 3 is 2.00 bits per heavy atom. The van der Waals surface area contributed by atoms with E-state index in [1.807, 2.05) is 0 Å². The summed E-state index contributed by atoms with van der Waals surface area (Å²) in [5.74, 6) is 0.0727. The van der Waals surface area contributed by atoms with E-state index in [-0.39, 0.29) is 22.6 Å². The van der Waals surface area contributed by atoms with Crippen LogP contribution in [0.1, 0.15) is 19.8 Å². The zero-order valence-corrected chi connectivity index (χ0v) is 15.8. The second-order valence-electron chi connectivity index (χ2n) is 6.82. The van der Waals surface area contributed by atoms with Crippen molar-refractivity contribution in [1.29, 1.82) is 0 Å². The van der Waals surface area contributed by atoms with Gasteiger partial charge in [-0.1, -0.05) is 18.2 Å². The number of benzene rings is 1. The number of piperidine rings is 1. The van der Waals surface area contributed by atoms with E-state index < -0.39 is 10.0 Å². The summed E-state index contributed by atoms with van der Waals surface area (Å²) in [6.07, 6.45) is 1.36. The van der Waals surface area contributed by atoms with Crippen LogP contribution in [0.15, 0.2) is 35.2 Å². The Labute approximate surface area is 154 Å². The molecule has 0 aromatic heterocycles. The van der Waals surface area contributed by atoms with Gasteiger partial charge in [0.25, 0.3) is 0 Å². The zero-order valence-electron chi connectivity index (χ0n) is 15.0. The number of nitrogens with zero attached hydrogens (tertiary/aromatic N) is 3. The van der Waals surface area contributed by atoms with Crippen LogP contribution in [0.3, 0.4) is 0 Å². The lowest BCUT2D eigenvalue weighted by Crippen LogP contribution is -2.53. The molecule has 2 heterocycles. The highest BCUT2D eigenvalue weighted by Crippen LogP contribution is 2.22. The molecule has 0 atom stereocenters. The third-order valence-corrected chi connectivity index (χ3v) is 7.13. The first-order chi connectivity index (χ1) is 12.4. The molecule has 0 saturated carbocycles. The average molecular weight is 379 g/mol. The molecule has 1 aromatic carbocycles. The predicted octanol–water partition coefficient (Wildman–Crippen LogP) is 0.778. The molecule has 142 valence electrons. The van der Waals surface area contributed by atoms with E-state index >= 15 is 0 Å². The highest BCUT2D eigenvalue weighted by atomic mass is 32.2. The number of piperazine rings is 1.